The van der Waals surface area contributed by atoms with Crippen LogP contribution >= 0.6 is 0 Å². The topological polar surface area (TPSA) is 86.3 Å². The Kier molecular flexibility index (Phi) is 5.68. The van der Waals surface area contributed by atoms with Gasteiger partial charge in [-0.2, -0.15) is 0 Å². The van der Waals surface area contributed by atoms with Crippen molar-refractivity contribution in [2.45, 2.75) is 31.8 Å². The van der Waals surface area contributed by atoms with Gasteiger partial charge in [-0.3, -0.25) is 0 Å². The van der Waals surface area contributed by atoms with E-state index in [9.17, 15) is 0 Å². The zero-order valence-electron chi connectivity index (χ0n) is 12.2. The van der Waals surface area contributed by atoms with Crippen LogP contribution in [-0.2, 0) is 4.74 Å². The molecular formula is C15H22N2O4. The third kappa shape index (κ3) is 4.26. The van der Waals surface area contributed by atoms with Crippen molar-refractivity contribution in [2.75, 3.05) is 20.3 Å². The van der Waals surface area contributed by atoms with Gasteiger partial charge in [-0.15, -0.1) is 0 Å². The van der Waals surface area contributed by atoms with Crippen LogP contribution in [0.2, 0.25) is 0 Å². The summed E-state index contributed by atoms with van der Waals surface area (Å²) in [5.41, 5.74) is 6.13. The van der Waals surface area contributed by atoms with Gasteiger partial charge >= 0.3 is 0 Å². The maximum atomic E-state index is 8.68. The van der Waals surface area contributed by atoms with Crippen molar-refractivity contribution < 1.29 is 19.4 Å². The highest BCUT2D eigenvalue weighted by molar-refractivity contribution is 5.97. The van der Waals surface area contributed by atoms with Gasteiger partial charge in [0.15, 0.2) is 17.3 Å². The molecule has 1 fully saturated rings. The van der Waals surface area contributed by atoms with Crippen LogP contribution in [0.5, 0.6) is 11.5 Å². The normalized spacial score (nSPS) is 18.7. The molecule has 1 atom stereocenters. The van der Waals surface area contributed by atoms with Crippen LogP contribution < -0.4 is 15.2 Å². The van der Waals surface area contributed by atoms with E-state index in [1.165, 1.54) is 0 Å². The minimum absolute atomic E-state index is 0.0400. The molecule has 0 saturated carbocycles. The molecule has 1 aromatic rings. The Morgan fingerprint density at radius 1 is 1.48 bits per heavy atom. The van der Waals surface area contributed by atoms with Crippen molar-refractivity contribution >= 4 is 5.84 Å². The summed E-state index contributed by atoms with van der Waals surface area (Å²) >= 11 is 0. The zero-order valence-corrected chi connectivity index (χ0v) is 12.2. The fraction of sp³-hybridized carbons (Fsp3) is 0.533. The van der Waals surface area contributed by atoms with Crippen LogP contribution in [-0.4, -0.2) is 37.5 Å². The van der Waals surface area contributed by atoms with E-state index in [0.717, 1.165) is 32.3 Å². The van der Waals surface area contributed by atoms with Crippen LogP contribution in [0, 0.1) is 0 Å². The molecule has 21 heavy (non-hydrogen) atoms. The first-order chi connectivity index (χ1) is 10.2. The van der Waals surface area contributed by atoms with Crippen LogP contribution in [0.15, 0.2) is 23.4 Å². The monoisotopic (exact) mass is 294 g/mol. The standard InChI is InChI=1S/C15H22N2O4/c1-19-14-10-11(15(16)17-18)6-7-13(14)21-9-3-5-12-4-2-8-20-12/h6-7,10,12,18H,2-5,8-9H2,1H3,(H2,16,17). The van der Waals surface area contributed by atoms with Crippen molar-refractivity contribution in [1.82, 2.24) is 0 Å². The molecule has 1 aliphatic rings. The number of methoxy groups -OCH3 is 1. The van der Waals surface area contributed by atoms with Gasteiger partial charge in [0.25, 0.3) is 0 Å². The van der Waals surface area contributed by atoms with Gasteiger partial charge < -0.3 is 25.2 Å². The van der Waals surface area contributed by atoms with Crippen LogP contribution in [0.4, 0.5) is 0 Å². The lowest BCUT2D eigenvalue weighted by molar-refractivity contribution is 0.0980. The van der Waals surface area contributed by atoms with E-state index in [1.807, 2.05) is 0 Å². The van der Waals surface area contributed by atoms with E-state index in [0.29, 0.717) is 29.8 Å². The lowest BCUT2D eigenvalue weighted by Crippen LogP contribution is -2.13. The first kappa shape index (κ1) is 15.4. The zero-order chi connectivity index (χ0) is 15.1. The summed E-state index contributed by atoms with van der Waals surface area (Å²) in [5, 5.41) is 11.6. The smallest absolute Gasteiger partial charge is 0.170 e. The van der Waals surface area contributed by atoms with Gasteiger partial charge in [-0.05, 0) is 43.9 Å². The molecule has 0 radical (unpaired) electrons. The number of oxime groups is 1. The molecule has 1 saturated heterocycles. The average molecular weight is 294 g/mol. The summed E-state index contributed by atoms with van der Waals surface area (Å²) in [5.74, 6) is 1.26. The number of hydrogen-bond donors (Lipinski definition) is 2. The molecule has 3 N–H and O–H groups in total. The van der Waals surface area contributed by atoms with Crippen molar-refractivity contribution in [2.24, 2.45) is 10.9 Å². The Hall–Kier alpha value is -1.95. The number of amidine groups is 1. The predicted octanol–water partition coefficient (Wildman–Crippen LogP) is 2.13. The van der Waals surface area contributed by atoms with Crippen LogP contribution in [0.1, 0.15) is 31.2 Å². The second-order valence-electron chi connectivity index (χ2n) is 4.98. The first-order valence-electron chi connectivity index (χ1n) is 7.15. The molecule has 0 spiro atoms. The number of nitrogens with two attached hydrogens (primary N) is 1. The molecule has 0 aliphatic carbocycles. The highest BCUT2D eigenvalue weighted by atomic mass is 16.5. The van der Waals surface area contributed by atoms with Gasteiger partial charge in [-0.1, -0.05) is 5.16 Å². The van der Waals surface area contributed by atoms with Crippen molar-refractivity contribution in [3.63, 3.8) is 0 Å². The van der Waals surface area contributed by atoms with Gasteiger partial charge in [0.05, 0.1) is 19.8 Å². The molecule has 2 rings (SSSR count). The van der Waals surface area contributed by atoms with E-state index < -0.39 is 0 Å². The minimum atomic E-state index is 0.0400. The molecule has 1 heterocycles. The molecule has 6 nitrogen and oxygen atoms in total. The Bertz CT molecular complexity index is 485. The maximum absolute atomic E-state index is 8.68. The molecule has 0 bridgehead atoms. The summed E-state index contributed by atoms with van der Waals surface area (Å²) in [6.07, 6.45) is 4.66. The van der Waals surface area contributed by atoms with Crippen molar-refractivity contribution in [1.29, 1.82) is 0 Å². The highest BCUT2D eigenvalue weighted by Crippen LogP contribution is 2.28. The summed E-state index contributed by atoms with van der Waals surface area (Å²) in [4.78, 5) is 0. The third-order valence-electron chi connectivity index (χ3n) is 3.52. The third-order valence-corrected chi connectivity index (χ3v) is 3.52. The minimum Gasteiger partial charge on any atom is -0.493 e. The molecule has 0 amide bonds. The van der Waals surface area contributed by atoms with Crippen LogP contribution in [0.3, 0.4) is 0 Å². The Balaban J connectivity index is 1.87. The Labute approximate surface area is 124 Å². The predicted molar refractivity (Wildman–Crippen MR) is 79.2 cm³/mol. The largest absolute Gasteiger partial charge is 0.493 e. The second-order valence-corrected chi connectivity index (χ2v) is 4.98. The van der Waals surface area contributed by atoms with Gasteiger partial charge in [0, 0.05) is 12.2 Å². The average Bonchev–Trinajstić information content (AvgIpc) is 3.04. The first-order valence-corrected chi connectivity index (χ1v) is 7.15. The number of hydrogen-bond acceptors (Lipinski definition) is 5. The van der Waals surface area contributed by atoms with Crippen LogP contribution in [0.25, 0.3) is 0 Å². The molecule has 1 aromatic carbocycles. The van der Waals surface area contributed by atoms with Crippen molar-refractivity contribution in [3.05, 3.63) is 23.8 Å². The van der Waals surface area contributed by atoms with Gasteiger partial charge in [0.1, 0.15) is 0 Å². The van der Waals surface area contributed by atoms with E-state index in [1.54, 1.807) is 25.3 Å². The van der Waals surface area contributed by atoms with E-state index >= 15 is 0 Å². The molecule has 1 unspecified atom stereocenters. The number of rotatable bonds is 7. The molecule has 6 heteroatoms. The van der Waals surface area contributed by atoms with E-state index in [-0.39, 0.29) is 5.84 Å². The van der Waals surface area contributed by atoms with E-state index in [4.69, 9.17) is 25.2 Å². The SMILES string of the molecule is COc1cc(C(N)=NO)ccc1OCCCC1CCCO1. The summed E-state index contributed by atoms with van der Waals surface area (Å²) in [7, 11) is 1.56. The van der Waals surface area contributed by atoms with Crippen molar-refractivity contribution in [3.8, 4) is 11.5 Å². The highest BCUT2D eigenvalue weighted by Gasteiger charge is 2.15. The molecular weight excluding hydrogens is 272 g/mol. The van der Waals surface area contributed by atoms with Gasteiger partial charge in [-0.25, -0.2) is 0 Å². The number of ether oxygens (including phenoxy) is 3. The number of benzene rings is 1. The fourth-order valence-electron chi connectivity index (χ4n) is 2.37. The maximum Gasteiger partial charge on any atom is 0.170 e. The summed E-state index contributed by atoms with van der Waals surface area (Å²) in [6.45, 7) is 1.49. The fourth-order valence-corrected chi connectivity index (χ4v) is 2.37. The molecule has 0 aromatic heterocycles. The Morgan fingerprint density at radius 2 is 2.33 bits per heavy atom. The van der Waals surface area contributed by atoms with Gasteiger partial charge in [0.2, 0.25) is 0 Å². The second kappa shape index (κ2) is 7.73. The lowest BCUT2D eigenvalue weighted by Gasteiger charge is -2.13. The Morgan fingerprint density at radius 3 is 3.00 bits per heavy atom. The molecule has 1 aliphatic heterocycles. The lowest BCUT2D eigenvalue weighted by atomic mass is 10.1. The summed E-state index contributed by atoms with van der Waals surface area (Å²) < 4.78 is 16.6. The summed E-state index contributed by atoms with van der Waals surface area (Å²) in [6, 6.07) is 5.18. The quantitative estimate of drug-likeness (QED) is 0.264. The van der Waals surface area contributed by atoms with E-state index in [2.05, 4.69) is 5.16 Å². The molecule has 116 valence electrons. The number of nitrogens with zero attached hydrogens (tertiary/aromatic N) is 1.